The fraction of sp³-hybridized carbons (Fsp3) is 0.909. The van der Waals surface area contributed by atoms with Crippen LogP contribution in [0.15, 0.2) is 0 Å². The first kappa shape index (κ1) is 10.2. The lowest BCUT2D eigenvalue weighted by atomic mass is 10.0. The highest BCUT2D eigenvalue weighted by Crippen LogP contribution is 2.67. The minimum atomic E-state index is -0.608. The Morgan fingerprint density at radius 2 is 1.53 bits per heavy atom. The van der Waals surface area contributed by atoms with Gasteiger partial charge in [-0.1, -0.05) is 0 Å². The van der Waals surface area contributed by atoms with Crippen LogP contribution in [0.1, 0.15) is 25.7 Å². The predicted molar refractivity (Wildman–Crippen MR) is 58.0 cm³/mol. The number of halogens is 2. The average molecular weight is 249 g/mol. The summed E-state index contributed by atoms with van der Waals surface area (Å²) in [5.41, 5.74) is 0. The van der Waals surface area contributed by atoms with Crippen LogP contribution in [0.2, 0.25) is 0 Å². The Morgan fingerprint density at radius 1 is 1.07 bits per heavy atom. The maximum Gasteiger partial charge on any atom is 0.307 e. The standard InChI is InChI=1S/C11H14Cl2O2/c12-11(13)7-3-1-5-6(2-4-8(7)11)9(5)10(14)15/h5-9H,1-4H2,(H,14,15)/t5-,6+,7+,8-,9?. The van der Waals surface area contributed by atoms with Crippen molar-refractivity contribution in [3.8, 4) is 0 Å². The van der Waals surface area contributed by atoms with Crippen molar-refractivity contribution in [2.75, 3.05) is 0 Å². The second kappa shape index (κ2) is 3.04. The van der Waals surface area contributed by atoms with Gasteiger partial charge in [0.05, 0.1) is 5.92 Å². The van der Waals surface area contributed by atoms with Gasteiger partial charge in [-0.15, -0.1) is 23.2 Å². The van der Waals surface area contributed by atoms with Gasteiger partial charge in [0.2, 0.25) is 0 Å². The summed E-state index contributed by atoms with van der Waals surface area (Å²) in [4.78, 5) is 10.9. The highest BCUT2D eigenvalue weighted by molar-refractivity contribution is 6.51. The molecular formula is C11H14Cl2O2. The molecule has 0 aliphatic heterocycles. The van der Waals surface area contributed by atoms with E-state index in [2.05, 4.69) is 0 Å². The molecule has 0 bridgehead atoms. The van der Waals surface area contributed by atoms with Crippen molar-refractivity contribution in [2.24, 2.45) is 29.6 Å². The first-order chi connectivity index (χ1) is 7.03. The number of rotatable bonds is 1. The van der Waals surface area contributed by atoms with Gasteiger partial charge in [0.25, 0.3) is 0 Å². The van der Waals surface area contributed by atoms with Crippen LogP contribution in [0.25, 0.3) is 0 Å². The molecule has 3 rings (SSSR count). The van der Waals surface area contributed by atoms with E-state index < -0.39 is 10.3 Å². The molecule has 0 amide bonds. The van der Waals surface area contributed by atoms with Crippen LogP contribution < -0.4 is 0 Å². The minimum absolute atomic E-state index is 0.0671. The van der Waals surface area contributed by atoms with Crippen molar-refractivity contribution in [3.05, 3.63) is 0 Å². The molecule has 2 nitrogen and oxygen atoms in total. The van der Waals surface area contributed by atoms with E-state index in [-0.39, 0.29) is 5.92 Å². The molecule has 84 valence electrons. The first-order valence-corrected chi connectivity index (χ1v) is 6.39. The summed E-state index contributed by atoms with van der Waals surface area (Å²) in [5.74, 6) is 1.00. The van der Waals surface area contributed by atoms with Gasteiger partial charge >= 0.3 is 5.97 Å². The van der Waals surface area contributed by atoms with Gasteiger partial charge in [-0.05, 0) is 49.4 Å². The van der Waals surface area contributed by atoms with E-state index in [1.807, 2.05) is 0 Å². The number of hydrogen-bond acceptors (Lipinski definition) is 1. The van der Waals surface area contributed by atoms with E-state index in [9.17, 15) is 4.79 Å². The van der Waals surface area contributed by atoms with Crippen LogP contribution >= 0.6 is 23.2 Å². The van der Waals surface area contributed by atoms with Gasteiger partial charge in [-0.25, -0.2) is 0 Å². The average Bonchev–Trinajstić information content (AvgIpc) is 2.88. The third-order valence-electron chi connectivity index (χ3n) is 4.60. The number of alkyl halides is 2. The lowest BCUT2D eigenvalue weighted by Crippen LogP contribution is -2.01. The Labute approximate surface area is 98.9 Å². The van der Waals surface area contributed by atoms with Crippen LogP contribution in [0, 0.1) is 29.6 Å². The largest absolute Gasteiger partial charge is 0.481 e. The molecule has 0 aromatic carbocycles. The van der Waals surface area contributed by atoms with Crippen molar-refractivity contribution in [1.29, 1.82) is 0 Å². The van der Waals surface area contributed by atoms with E-state index >= 15 is 0 Å². The number of hydrogen-bond donors (Lipinski definition) is 1. The van der Waals surface area contributed by atoms with Crippen LogP contribution in [-0.2, 0) is 4.79 Å². The Balaban J connectivity index is 1.67. The van der Waals surface area contributed by atoms with Gasteiger partial charge < -0.3 is 5.11 Å². The molecule has 15 heavy (non-hydrogen) atoms. The summed E-state index contributed by atoms with van der Waals surface area (Å²) in [7, 11) is 0. The molecule has 5 atom stereocenters. The van der Waals surface area contributed by atoms with E-state index in [4.69, 9.17) is 28.3 Å². The molecule has 0 aromatic heterocycles. The van der Waals surface area contributed by atoms with E-state index in [1.54, 1.807) is 0 Å². The molecule has 0 saturated heterocycles. The Morgan fingerprint density at radius 3 is 1.93 bits per heavy atom. The molecule has 3 aliphatic rings. The molecule has 0 radical (unpaired) electrons. The normalized spacial score (nSPS) is 50.7. The second-order valence-electron chi connectivity index (χ2n) is 5.23. The number of carboxylic acid groups (broad SMARTS) is 1. The second-order valence-corrected chi connectivity index (χ2v) is 6.68. The molecule has 3 fully saturated rings. The Hall–Kier alpha value is 0.0500. The van der Waals surface area contributed by atoms with Crippen LogP contribution in [0.5, 0.6) is 0 Å². The minimum Gasteiger partial charge on any atom is -0.481 e. The highest BCUT2D eigenvalue weighted by Gasteiger charge is 2.65. The lowest BCUT2D eigenvalue weighted by molar-refractivity contribution is -0.139. The van der Waals surface area contributed by atoms with Gasteiger partial charge in [-0.2, -0.15) is 0 Å². The number of aliphatic carboxylic acids is 1. The monoisotopic (exact) mass is 248 g/mol. The van der Waals surface area contributed by atoms with Crippen LogP contribution in [-0.4, -0.2) is 15.4 Å². The fourth-order valence-corrected chi connectivity index (χ4v) is 4.51. The van der Waals surface area contributed by atoms with Gasteiger partial charge in [0, 0.05) is 0 Å². The summed E-state index contributed by atoms with van der Waals surface area (Å²) in [6.07, 6.45) is 4.04. The zero-order chi connectivity index (χ0) is 10.8. The van der Waals surface area contributed by atoms with Crippen LogP contribution in [0.4, 0.5) is 0 Å². The predicted octanol–water partition coefficient (Wildman–Crippen LogP) is 2.93. The fourth-order valence-electron chi connectivity index (χ4n) is 3.59. The highest BCUT2D eigenvalue weighted by atomic mass is 35.5. The zero-order valence-electron chi connectivity index (χ0n) is 8.33. The van der Waals surface area contributed by atoms with Crippen molar-refractivity contribution < 1.29 is 9.90 Å². The Bertz CT molecular complexity index is 294. The molecule has 4 heteroatoms. The molecule has 0 spiro atoms. The lowest BCUT2D eigenvalue weighted by Gasteiger charge is -2.03. The van der Waals surface area contributed by atoms with E-state index in [0.29, 0.717) is 23.7 Å². The molecule has 1 unspecified atom stereocenters. The topological polar surface area (TPSA) is 37.3 Å². The molecule has 1 N–H and O–H groups in total. The smallest absolute Gasteiger partial charge is 0.307 e. The molecular weight excluding hydrogens is 235 g/mol. The molecule has 3 saturated carbocycles. The van der Waals surface area contributed by atoms with E-state index in [0.717, 1.165) is 25.7 Å². The van der Waals surface area contributed by atoms with Gasteiger partial charge in [-0.3, -0.25) is 4.79 Å². The summed E-state index contributed by atoms with van der Waals surface area (Å²) < 4.78 is -0.491. The van der Waals surface area contributed by atoms with Crippen molar-refractivity contribution in [3.63, 3.8) is 0 Å². The van der Waals surface area contributed by atoms with Gasteiger partial charge in [0.15, 0.2) is 0 Å². The molecule has 0 heterocycles. The summed E-state index contributed by atoms with van der Waals surface area (Å²) >= 11 is 12.3. The summed E-state index contributed by atoms with van der Waals surface area (Å²) in [6, 6.07) is 0. The third-order valence-corrected chi connectivity index (χ3v) is 5.73. The first-order valence-electron chi connectivity index (χ1n) is 5.64. The number of carbonyl (C=O) groups is 1. The van der Waals surface area contributed by atoms with Crippen molar-refractivity contribution >= 4 is 29.2 Å². The quantitative estimate of drug-likeness (QED) is 0.725. The maximum atomic E-state index is 10.9. The summed E-state index contributed by atoms with van der Waals surface area (Å²) in [5, 5.41) is 9.00. The zero-order valence-corrected chi connectivity index (χ0v) is 9.84. The van der Waals surface area contributed by atoms with Crippen molar-refractivity contribution in [1.82, 2.24) is 0 Å². The molecule has 3 aliphatic carbocycles. The Kier molecular flexibility index (Phi) is 2.07. The van der Waals surface area contributed by atoms with Gasteiger partial charge in [0.1, 0.15) is 4.33 Å². The summed E-state index contributed by atoms with van der Waals surface area (Å²) in [6.45, 7) is 0. The van der Waals surface area contributed by atoms with Crippen molar-refractivity contribution in [2.45, 2.75) is 30.0 Å². The SMILES string of the molecule is O=C(O)C1[C@H]2CC[C@@H]3[C@H](CC[C@@H]12)C3(Cl)Cl. The third kappa shape index (κ3) is 1.41. The maximum absolute atomic E-state index is 10.9. The van der Waals surface area contributed by atoms with E-state index in [1.165, 1.54) is 0 Å². The number of carboxylic acids is 1. The number of fused-ring (bicyclic) bond motifs is 2. The van der Waals surface area contributed by atoms with Crippen LogP contribution in [0.3, 0.4) is 0 Å². The molecule has 0 aromatic rings.